The van der Waals surface area contributed by atoms with Crippen LogP contribution in [0.2, 0.25) is 0 Å². The van der Waals surface area contributed by atoms with E-state index in [1.807, 2.05) is 54.6 Å². The molecule has 6 aromatic rings. The van der Waals surface area contributed by atoms with Gasteiger partial charge in [0.25, 0.3) is 11.8 Å². The Morgan fingerprint density at radius 1 is 0.781 bits per heavy atom. The van der Waals surface area contributed by atoms with E-state index >= 15 is 0 Å². The van der Waals surface area contributed by atoms with Gasteiger partial charge in [-0.25, -0.2) is 4.79 Å². The molecule has 1 aliphatic rings. The van der Waals surface area contributed by atoms with Gasteiger partial charge >= 0.3 is 5.97 Å². The number of carbonyl (C=O) groups is 4. The first-order valence-corrected chi connectivity index (χ1v) is 22.3. The monoisotopic (exact) mass is 896 g/mol. The van der Waals surface area contributed by atoms with E-state index in [1.54, 1.807) is 67.6 Å². The molecule has 3 amide bonds. The van der Waals surface area contributed by atoms with Crippen LogP contribution in [0.1, 0.15) is 60.0 Å². The van der Waals surface area contributed by atoms with Crippen molar-refractivity contribution in [1.29, 1.82) is 0 Å². The normalized spacial score (nSPS) is 12.9. The second kappa shape index (κ2) is 21.5. The minimum atomic E-state index is -0.756. The van der Waals surface area contributed by atoms with Crippen LogP contribution in [0.25, 0.3) is 6.08 Å². The van der Waals surface area contributed by atoms with Gasteiger partial charge in [0.1, 0.15) is 21.7 Å². The van der Waals surface area contributed by atoms with Gasteiger partial charge in [0.2, 0.25) is 5.91 Å². The summed E-state index contributed by atoms with van der Waals surface area (Å²) in [6.45, 7) is 4.14. The second-order valence-electron chi connectivity index (χ2n) is 14.6. The number of hydrogen-bond donors (Lipinski definition) is 3. The number of benzene rings is 5. The number of amides is 3. The zero-order valence-corrected chi connectivity index (χ0v) is 37.5. The largest absolute Gasteiger partial charge is 0.496 e. The molecule has 0 spiro atoms. The van der Waals surface area contributed by atoms with Crippen molar-refractivity contribution in [2.75, 3.05) is 45.1 Å². The third-order valence-electron chi connectivity index (χ3n) is 10.4. The molecule has 0 saturated heterocycles. The molecule has 0 bridgehead atoms. The van der Waals surface area contributed by atoms with E-state index in [0.717, 1.165) is 29.1 Å². The molecule has 14 heteroatoms. The Bertz CT molecular complexity index is 2640. The van der Waals surface area contributed by atoms with Crippen LogP contribution in [0.3, 0.4) is 0 Å². The summed E-state index contributed by atoms with van der Waals surface area (Å²) in [6.07, 6.45) is 2.14. The molecule has 328 valence electrons. The number of thioether (sulfide) groups is 1. The van der Waals surface area contributed by atoms with Crippen molar-refractivity contribution in [3.8, 4) is 17.2 Å². The van der Waals surface area contributed by atoms with Crippen LogP contribution >= 0.6 is 23.1 Å². The minimum Gasteiger partial charge on any atom is -0.496 e. The first-order valence-electron chi connectivity index (χ1n) is 20.6. The first-order chi connectivity index (χ1) is 31.2. The van der Waals surface area contributed by atoms with Gasteiger partial charge in [-0.2, -0.15) is 0 Å². The number of rotatable bonds is 17. The van der Waals surface area contributed by atoms with Crippen molar-refractivity contribution in [2.45, 2.75) is 36.6 Å². The van der Waals surface area contributed by atoms with Crippen molar-refractivity contribution in [1.82, 2.24) is 10.2 Å². The van der Waals surface area contributed by atoms with Gasteiger partial charge in [-0.1, -0.05) is 84.9 Å². The van der Waals surface area contributed by atoms with Crippen LogP contribution in [0.5, 0.6) is 17.2 Å². The van der Waals surface area contributed by atoms with Gasteiger partial charge in [0.05, 0.1) is 33.5 Å². The van der Waals surface area contributed by atoms with Gasteiger partial charge in [-0.05, 0) is 72.5 Å². The molecule has 3 N–H and O–H groups in total. The summed E-state index contributed by atoms with van der Waals surface area (Å²) in [4.78, 5) is 59.7. The number of ether oxygens (including phenoxy) is 4. The van der Waals surface area contributed by atoms with Gasteiger partial charge < -0.3 is 34.9 Å². The lowest BCUT2D eigenvalue weighted by Gasteiger charge is -2.27. The fourth-order valence-corrected chi connectivity index (χ4v) is 9.63. The molecule has 64 heavy (non-hydrogen) atoms. The third-order valence-corrected chi connectivity index (χ3v) is 12.7. The Morgan fingerprint density at radius 2 is 1.45 bits per heavy atom. The smallest absolute Gasteiger partial charge is 0.341 e. The SMILES string of the molecule is CCOC(=O)c1c(NC(=O)C(Sc2cccc(NC(=O)/C(=C\c3cc(OC)c(OC)cc3OC)NC(=O)c3ccccc3)c2)c2ccccc2)sc2c1CCN(Cc1ccccc1)C2. The maximum Gasteiger partial charge on any atom is 0.341 e. The number of anilines is 2. The van der Waals surface area contributed by atoms with Crippen LogP contribution in [0.15, 0.2) is 138 Å². The second-order valence-corrected chi connectivity index (χ2v) is 16.9. The zero-order valence-electron chi connectivity index (χ0n) is 35.8. The van der Waals surface area contributed by atoms with Crippen LogP contribution < -0.4 is 30.2 Å². The number of methoxy groups -OCH3 is 3. The van der Waals surface area contributed by atoms with Crippen molar-refractivity contribution >= 4 is 63.6 Å². The van der Waals surface area contributed by atoms with E-state index < -0.39 is 23.0 Å². The van der Waals surface area contributed by atoms with Crippen LogP contribution in [0, 0.1) is 0 Å². The summed E-state index contributed by atoms with van der Waals surface area (Å²) < 4.78 is 22.1. The van der Waals surface area contributed by atoms with E-state index in [1.165, 1.54) is 56.1 Å². The fourth-order valence-electron chi connectivity index (χ4n) is 7.26. The number of carbonyl (C=O) groups excluding carboxylic acids is 4. The number of thiophene rings is 1. The molecule has 0 radical (unpaired) electrons. The lowest BCUT2D eigenvalue weighted by atomic mass is 10.0. The molecular weight excluding hydrogens is 849 g/mol. The molecule has 1 atom stereocenters. The summed E-state index contributed by atoms with van der Waals surface area (Å²) in [5.74, 6) is -0.701. The van der Waals surface area contributed by atoms with E-state index in [9.17, 15) is 19.2 Å². The zero-order chi connectivity index (χ0) is 45.0. The highest BCUT2D eigenvalue weighted by atomic mass is 32.2. The predicted molar refractivity (Wildman–Crippen MR) is 251 cm³/mol. The third kappa shape index (κ3) is 11.0. The van der Waals surface area contributed by atoms with Crippen LogP contribution in [-0.4, -0.2) is 63.1 Å². The highest BCUT2D eigenvalue weighted by molar-refractivity contribution is 8.00. The van der Waals surface area contributed by atoms with Gasteiger partial charge in [-0.3, -0.25) is 19.3 Å². The van der Waals surface area contributed by atoms with Crippen molar-refractivity contribution < 1.29 is 38.1 Å². The quantitative estimate of drug-likeness (QED) is 0.0460. The van der Waals surface area contributed by atoms with Gasteiger partial charge in [0.15, 0.2) is 11.5 Å². The van der Waals surface area contributed by atoms with E-state index in [0.29, 0.717) is 62.5 Å². The van der Waals surface area contributed by atoms with Gasteiger partial charge in [-0.15, -0.1) is 23.1 Å². The Morgan fingerprint density at radius 3 is 2.14 bits per heavy atom. The molecule has 2 heterocycles. The number of fused-ring (bicyclic) bond motifs is 1. The predicted octanol–water partition coefficient (Wildman–Crippen LogP) is 9.39. The standard InChI is InChI=1S/C50H48N4O8S2/c1-5-62-50(58)44-38-24-25-54(30-32-16-9-6-10-17-32)31-43(38)64-49(44)53-48(57)45(33-18-11-7-12-19-33)63-37-23-15-22-36(28-37)51-47(56)39(52-46(55)34-20-13-8-14-21-34)26-35-27-41(60-3)42(61-4)29-40(35)59-2/h6-23,26-29,45H,5,24-25,30-31H2,1-4H3,(H,51,56)(H,52,55)(H,53,57)/b39-26+. The fraction of sp³-hybridized carbons (Fsp3) is 0.200. The Hall–Kier alpha value is -6.87. The summed E-state index contributed by atoms with van der Waals surface area (Å²) in [5, 5.41) is 8.52. The minimum absolute atomic E-state index is 0.0711. The van der Waals surface area contributed by atoms with E-state index in [-0.39, 0.29) is 18.2 Å². The molecule has 1 aliphatic heterocycles. The Labute approximate surface area is 380 Å². The Kier molecular flexibility index (Phi) is 15.2. The van der Waals surface area contributed by atoms with Crippen molar-refractivity contribution in [2.24, 2.45) is 0 Å². The molecule has 5 aromatic carbocycles. The van der Waals surface area contributed by atoms with E-state index in [4.69, 9.17) is 18.9 Å². The maximum atomic E-state index is 14.5. The summed E-state index contributed by atoms with van der Waals surface area (Å²) in [6, 6.07) is 38.6. The number of esters is 1. The topological polar surface area (TPSA) is 145 Å². The number of hydrogen-bond acceptors (Lipinski definition) is 11. The number of nitrogens with zero attached hydrogens (tertiary/aromatic N) is 1. The molecule has 1 aromatic heterocycles. The molecular formula is C50H48N4O8S2. The molecule has 0 aliphatic carbocycles. The highest BCUT2D eigenvalue weighted by Crippen LogP contribution is 2.42. The molecule has 1 unspecified atom stereocenters. The average molecular weight is 897 g/mol. The summed E-state index contributed by atoms with van der Waals surface area (Å²) in [5.41, 5.74) is 4.40. The molecule has 12 nitrogen and oxygen atoms in total. The number of nitrogens with one attached hydrogen (secondary N) is 3. The van der Waals surface area contributed by atoms with Crippen molar-refractivity contribution in [3.05, 3.63) is 171 Å². The highest BCUT2D eigenvalue weighted by Gasteiger charge is 2.32. The molecule has 7 rings (SSSR count). The molecule has 0 fully saturated rings. The van der Waals surface area contributed by atoms with Crippen LogP contribution in [-0.2, 0) is 33.8 Å². The van der Waals surface area contributed by atoms with Crippen molar-refractivity contribution in [3.63, 3.8) is 0 Å². The maximum absolute atomic E-state index is 14.5. The van der Waals surface area contributed by atoms with Crippen LogP contribution in [0.4, 0.5) is 10.7 Å². The van der Waals surface area contributed by atoms with E-state index in [2.05, 4.69) is 33.0 Å². The van der Waals surface area contributed by atoms with Gasteiger partial charge in [0, 0.05) is 52.3 Å². The lowest BCUT2D eigenvalue weighted by Crippen LogP contribution is -2.30. The molecule has 0 saturated carbocycles. The first kappa shape index (κ1) is 45.2. The Balaban J connectivity index is 1.15. The average Bonchev–Trinajstić information content (AvgIpc) is 3.68. The lowest BCUT2D eigenvalue weighted by molar-refractivity contribution is -0.116. The summed E-state index contributed by atoms with van der Waals surface area (Å²) >= 11 is 2.70. The summed E-state index contributed by atoms with van der Waals surface area (Å²) in [7, 11) is 4.49.